The molecule has 0 saturated heterocycles. The molecule has 0 aliphatic carbocycles. The van der Waals surface area contributed by atoms with Crippen molar-refractivity contribution >= 4 is 17.6 Å². The third-order valence-electron chi connectivity index (χ3n) is 5.58. The molecule has 0 fully saturated rings. The van der Waals surface area contributed by atoms with Gasteiger partial charge in [0.2, 0.25) is 5.91 Å². The van der Waals surface area contributed by atoms with Crippen molar-refractivity contribution in [1.29, 1.82) is 0 Å². The van der Waals surface area contributed by atoms with Gasteiger partial charge in [0, 0.05) is 38.3 Å². The van der Waals surface area contributed by atoms with Gasteiger partial charge in [0.15, 0.2) is 0 Å². The van der Waals surface area contributed by atoms with Crippen LogP contribution in [0.3, 0.4) is 0 Å². The van der Waals surface area contributed by atoms with Crippen molar-refractivity contribution < 1.29 is 9.59 Å². The lowest BCUT2D eigenvalue weighted by Crippen LogP contribution is -2.40. The molecule has 0 radical (unpaired) electrons. The van der Waals surface area contributed by atoms with Crippen LogP contribution in [0, 0.1) is 0 Å². The molecule has 5 heteroatoms. The lowest BCUT2D eigenvalue weighted by atomic mass is 10.00. The molecule has 0 aromatic heterocycles. The Labute approximate surface area is 173 Å². The molecule has 5 nitrogen and oxygen atoms in total. The van der Waals surface area contributed by atoms with Crippen LogP contribution in [0.2, 0.25) is 0 Å². The number of amides is 3. The normalized spacial score (nSPS) is 13.2. The van der Waals surface area contributed by atoms with Crippen LogP contribution in [0.4, 0.5) is 10.5 Å². The van der Waals surface area contributed by atoms with Crippen molar-refractivity contribution in [2.45, 2.75) is 46.1 Å². The largest absolute Gasteiger partial charge is 0.338 e. The van der Waals surface area contributed by atoms with Gasteiger partial charge < -0.3 is 15.1 Å². The third-order valence-corrected chi connectivity index (χ3v) is 5.58. The molecule has 2 aromatic carbocycles. The van der Waals surface area contributed by atoms with Crippen molar-refractivity contribution in [3.63, 3.8) is 0 Å². The summed E-state index contributed by atoms with van der Waals surface area (Å²) in [5.74, 6) is 0.562. The Morgan fingerprint density at radius 2 is 1.76 bits per heavy atom. The molecule has 1 N–H and O–H groups in total. The van der Waals surface area contributed by atoms with Crippen LogP contribution in [-0.2, 0) is 17.8 Å². The van der Waals surface area contributed by atoms with Crippen LogP contribution in [0.25, 0.3) is 0 Å². The van der Waals surface area contributed by atoms with Gasteiger partial charge in [-0.15, -0.1) is 0 Å². The summed E-state index contributed by atoms with van der Waals surface area (Å²) in [7, 11) is 0. The molecule has 0 bridgehead atoms. The number of hydrogen-bond donors (Lipinski definition) is 1. The first-order valence-electron chi connectivity index (χ1n) is 10.5. The zero-order valence-corrected chi connectivity index (χ0v) is 17.6. The standard InChI is InChI=1S/C24H31N3O2/c1-4-26(24(29)25-22-11-9-19(10-12-22)18(2)3)16-14-23(28)27-15-13-20-7-5-6-8-21(20)17-27/h5-12,18H,4,13-17H2,1-3H3,(H,25,29). The molecule has 0 saturated carbocycles. The van der Waals surface area contributed by atoms with Gasteiger partial charge in [-0.1, -0.05) is 50.2 Å². The van der Waals surface area contributed by atoms with Crippen molar-refractivity contribution in [3.8, 4) is 0 Å². The fraction of sp³-hybridized carbons (Fsp3) is 0.417. The predicted molar refractivity (Wildman–Crippen MR) is 117 cm³/mol. The minimum atomic E-state index is -0.165. The summed E-state index contributed by atoms with van der Waals surface area (Å²) in [5.41, 5.74) is 4.57. The van der Waals surface area contributed by atoms with E-state index >= 15 is 0 Å². The maximum absolute atomic E-state index is 12.7. The van der Waals surface area contributed by atoms with E-state index < -0.39 is 0 Å². The number of rotatable bonds is 6. The van der Waals surface area contributed by atoms with E-state index in [1.54, 1.807) is 4.90 Å². The van der Waals surface area contributed by atoms with Crippen LogP contribution >= 0.6 is 0 Å². The summed E-state index contributed by atoms with van der Waals surface area (Å²) in [6.45, 7) is 8.61. The summed E-state index contributed by atoms with van der Waals surface area (Å²) in [5, 5.41) is 2.94. The van der Waals surface area contributed by atoms with Crippen molar-refractivity contribution in [1.82, 2.24) is 9.80 Å². The number of fused-ring (bicyclic) bond motifs is 1. The molecule has 3 rings (SSSR count). The fourth-order valence-electron chi connectivity index (χ4n) is 3.65. The van der Waals surface area contributed by atoms with Gasteiger partial charge >= 0.3 is 6.03 Å². The highest BCUT2D eigenvalue weighted by molar-refractivity contribution is 5.89. The number of nitrogens with zero attached hydrogens (tertiary/aromatic N) is 2. The van der Waals surface area contributed by atoms with Gasteiger partial charge in [-0.25, -0.2) is 4.79 Å². The monoisotopic (exact) mass is 393 g/mol. The average Bonchev–Trinajstić information content (AvgIpc) is 2.74. The van der Waals surface area contributed by atoms with Crippen LogP contribution in [-0.4, -0.2) is 41.4 Å². The van der Waals surface area contributed by atoms with E-state index in [-0.39, 0.29) is 11.9 Å². The van der Waals surface area contributed by atoms with E-state index in [2.05, 4.69) is 31.3 Å². The highest BCUT2D eigenvalue weighted by Gasteiger charge is 2.21. The number of benzene rings is 2. The van der Waals surface area contributed by atoms with E-state index in [4.69, 9.17) is 0 Å². The van der Waals surface area contributed by atoms with E-state index in [0.29, 0.717) is 32.0 Å². The fourth-order valence-corrected chi connectivity index (χ4v) is 3.65. The Balaban J connectivity index is 1.51. The molecule has 0 atom stereocenters. The highest BCUT2D eigenvalue weighted by Crippen LogP contribution is 2.20. The van der Waals surface area contributed by atoms with E-state index in [9.17, 15) is 9.59 Å². The van der Waals surface area contributed by atoms with E-state index in [0.717, 1.165) is 18.7 Å². The summed E-state index contributed by atoms with van der Waals surface area (Å²) in [4.78, 5) is 28.9. The molecule has 0 spiro atoms. The minimum Gasteiger partial charge on any atom is -0.338 e. The summed E-state index contributed by atoms with van der Waals surface area (Å²) < 4.78 is 0. The number of carbonyl (C=O) groups excluding carboxylic acids is 2. The molecule has 3 amide bonds. The number of urea groups is 1. The van der Waals surface area contributed by atoms with Crippen molar-refractivity contribution in [2.75, 3.05) is 25.0 Å². The zero-order chi connectivity index (χ0) is 20.8. The summed E-state index contributed by atoms with van der Waals surface area (Å²) in [6, 6.07) is 16.0. The first-order chi connectivity index (χ1) is 14.0. The Morgan fingerprint density at radius 1 is 1.07 bits per heavy atom. The lowest BCUT2D eigenvalue weighted by Gasteiger charge is -2.30. The Hall–Kier alpha value is -2.82. The molecule has 154 valence electrons. The Bertz CT molecular complexity index is 845. The van der Waals surface area contributed by atoms with Gasteiger partial charge in [0.05, 0.1) is 0 Å². The highest BCUT2D eigenvalue weighted by atomic mass is 16.2. The number of carbonyl (C=O) groups is 2. The zero-order valence-electron chi connectivity index (χ0n) is 17.6. The van der Waals surface area contributed by atoms with Gasteiger partial charge in [-0.05, 0) is 48.1 Å². The quantitative estimate of drug-likeness (QED) is 0.777. The molecular formula is C24H31N3O2. The number of hydrogen-bond acceptors (Lipinski definition) is 2. The second-order valence-electron chi connectivity index (χ2n) is 7.87. The van der Waals surface area contributed by atoms with Gasteiger partial charge in [0.25, 0.3) is 0 Å². The number of anilines is 1. The predicted octanol–water partition coefficient (Wildman–Crippen LogP) is 4.64. The van der Waals surface area contributed by atoms with Gasteiger partial charge in [-0.3, -0.25) is 4.79 Å². The first kappa shape index (κ1) is 20.9. The molecule has 1 aliphatic heterocycles. The topological polar surface area (TPSA) is 52.7 Å². The molecule has 29 heavy (non-hydrogen) atoms. The van der Waals surface area contributed by atoms with Crippen LogP contribution in [0.5, 0.6) is 0 Å². The number of nitrogens with one attached hydrogen (secondary N) is 1. The molecular weight excluding hydrogens is 362 g/mol. The van der Waals surface area contributed by atoms with E-state index in [1.165, 1.54) is 16.7 Å². The maximum atomic E-state index is 12.7. The average molecular weight is 394 g/mol. The summed E-state index contributed by atoms with van der Waals surface area (Å²) >= 11 is 0. The molecule has 1 heterocycles. The second kappa shape index (κ2) is 9.59. The van der Waals surface area contributed by atoms with Gasteiger partial charge in [0.1, 0.15) is 0 Å². The lowest BCUT2D eigenvalue weighted by molar-refractivity contribution is -0.132. The third kappa shape index (κ3) is 5.37. The van der Waals surface area contributed by atoms with E-state index in [1.807, 2.05) is 48.2 Å². The minimum absolute atomic E-state index is 0.104. The van der Waals surface area contributed by atoms with Gasteiger partial charge in [-0.2, -0.15) is 0 Å². The molecule has 1 aliphatic rings. The first-order valence-corrected chi connectivity index (χ1v) is 10.5. The molecule has 0 unspecified atom stereocenters. The second-order valence-corrected chi connectivity index (χ2v) is 7.87. The molecule has 2 aromatic rings. The summed E-state index contributed by atoms with van der Waals surface area (Å²) in [6.07, 6.45) is 1.24. The SMILES string of the molecule is CCN(CCC(=O)N1CCc2ccccc2C1)C(=O)Nc1ccc(C(C)C)cc1. The smallest absolute Gasteiger partial charge is 0.321 e. The Kier molecular flexibility index (Phi) is 6.91. The van der Waals surface area contributed by atoms with Crippen LogP contribution in [0.15, 0.2) is 48.5 Å². The van der Waals surface area contributed by atoms with Crippen LogP contribution in [0.1, 0.15) is 49.8 Å². The van der Waals surface area contributed by atoms with Crippen LogP contribution < -0.4 is 5.32 Å². The Morgan fingerprint density at radius 3 is 2.41 bits per heavy atom. The van der Waals surface area contributed by atoms with Crippen molar-refractivity contribution in [2.24, 2.45) is 0 Å². The van der Waals surface area contributed by atoms with Crippen molar-refractivity contribution in [3.05, 3.63) is 65.2 Å². The maximum Gasteiger partial charge on any atom is 0.321 e.